The average molecular weight is 332 g/mol. The first kappa shape index (κ1) is 19.3. The minimum Gasteiger partial charge on any atom is -0.465 e. The van der Waals surface area contributed by atoms with Crippen LogP contribution in [0.5, 0.6) is 0 Å². The summed E-state index contributed by atoms with van der Waals surface area (Å²) in [5.74, 6) is 0.689. The third-order valence-electron chi connectivity index (χ3n) is 2.62. The predicted molar refractivity (Wildman–Crippen MR) is 87.5 cm³/mol. The minimum absolute atomic E-state index is 0. The number of anilines is 1. The van der Waals surface area contributed by atoms with Gasteiger partial charge in [0.25, 0.3) is 0 Å². The Labute approximate surface area is 136 Å². The quantitative estimate of drug-likeness (QED) is 0.799. The van der Waals surface area contributed by atoms with E-state index < -0.39 is 0 Å². The molecule has 0 spiro atoms. The highest BCUT2D eigenvalue weighted by atomic mass is 35.5. The zero-order valence-corrected chi connectivity index (χ0v) is 13.3. The molecule has 0 radical (unpaired) electrons. The van der Waals surface area contributed by atoms with Gasteiger partial charge in [-0.25, -0.2) is 4.98 Å². The molecule has 7 heteroatoms. The number of hydrogen-bond acceptors (Lipinski definition) is 4. The number of nitrogens with zero attached hydrogens (tertiary/aromatic N) is 1. The number of benzene rings is 1. The molecule has 0 bridgehead atoms. The largest absolute Gasteiger partial charge is 0.465 e. The number of imidazole rings is 1. The van der Waals surface area contributed by atoms with Crippen molar-refractivity contribution in [2.24, 2.45) is 0 Å². The van der Waals surface area contributed by atoms with E-state index in [2.05, 4.69) is 15.3 Å². The maximum Gasteiger partial charge on any atom is 0.325 e. The summed E-state index contributed by atoms with van der Waals surface area (Å²) in [5.41, 5.74) is 2.06. The van der Waals surface area contributed by atoms with Crippen LogP contribution >= 0.6 is 24.8 Å². The van der Waals surface area contributed by atoms with Crippen molar-refractivity contribution in [1.29, 1.82) is 0 Å². The van der Waals surface area contributed by atoms with Gasteiger partial charge in [-0.15, -0.1) is 24.8 Å². The number of esters is 1. The molecule has 2 N–H and O–H groups in total. The van der Waals surface area contributed by atoms with E-state index in [1.54, 1.807) is 13.1 Å². The Kier molecular flexibility index (Phi) is 9.25. The lowest BCUT2D eigenvalue weighted by Crippen LogP contribution is -2.16. The number of H-pyrrole nitrogens is 1. The van der Waals surface area contributed by atoms with Gasteiger partial charge in [-0.3, -0.25) is 4.79 Å². The van der Waals surface area contributed by atoms with E-state index in [4.69, 9.17) is 4.74 Å². The summed E-state index contributed by atoms with van der Waals surface area (Å²) in [5, 5.41) is 3.02. The fourth-order valence-electron chi connectivity index (χ4n) is 1.71. The topological polar surface area (TPSA) is 67.0 Å². The highest BCUT2D eigenvalue weighted by Crippen LogP contribution is 2.11. The number of rotatable bonds is 6. The van der Waals surface area contributed by atoms with Crippen molar-refractivity contribution < 1.29 is 9.53 Å². The zero-order chi connectivity index (χ0) is 13.5. The van der Waals surface area contributed by atoms with E-state index in [1.807, 2.05) is 30.5 Å². The van der Waals surface area contributed by atoms with Crippen LogP contribution in [-0.2, 0) is 16.0 Å². The van der Waals surface area contributed by atoms with Crippen molar-refractivity contribution in [2.75, 3.05) is 18.5 Å². The summed E-state index contributed by atoms with van der Waals surface area (Å²) in [6.45, 7) is 2.38. The fraction of sp³-hybridized carbons (Fsp3) is 0.286. The van der Waals surface area contributed by atoms with E-state index in [-0.39, 0.29) is 37.3 Å². The summed E-state index contributed by atoms with van der Waals surface area (Å²) in [4.78, 5) is 18.4. The van der Waals surface area contributed by atoms with Crippen LogP contribution in [-0.4, -0.2) is 29.1 Å². The smallest absolute Gasteiger partial charge is 0.325 e. The van der Waals surface area contributed by atoms with Crippen LogP contribution in [0, 0.1) is 0 Å². The molecule has 0 unspecified atom stereocenters. The molecule has 21 heavy (non-hydrogen) atoms. The molecule has 1 aromatic carbocycles. The molecule has 116 valence electrons. The summed E-state index contributed by atoms with van der Waals surface area (Å²) < 4.78 is 4.84. The maximum absolute atomic E-state index is 11.2. The van der Waals surface area contributed by atoms with Gasteiger partial charge in [-0.05, 0) is 24.6 Å². The molecule has 2 aromatic rings. The number of hydrogen-bond donors (Lipinski definition) is 2. The van der Waals surface area contributed by atoms with Crippen molar-refractivity contribution in [2.45, 2.75) is 13.3 Å². The van der Waals surface area contributed by atoms with Crippen molar-refractivity contribution in [3.8, 4) is 0 Å². The Bertz CT molecular complexity index is 516. The number of aromatic nitrogens is 2. The van der Waals surface area contributed by atoms with Gasteiger partial charge in [-0.2, -0.15) is 0 Å². The van der Waals surface area contributed by atoms with E-state index in [1.165, 1.54) is 0 Å². The Morgan fingerprint density at radius 1 is 1.29 bits per heavy atom. The molecular weight excluding hydrogens is 313 g/mol. The van der Waals surface area contributed by atoms with Crippen LogP contribution in [0.1, 0.15) is 18.3 Å². The monoisotopic (exact) mass is 331 g/mol. The van der Waals surface area contributed by atoms with E-state index in [9.17, 15) is 4.79 Å². The molecule has 0 aliphatic rings. The van der Waals surface area contributed by atoms with Gasteiger partial charge in [0, 0.05) is 24.5 Å². The first-order chi connectivity index (χ1) is 9.28. The van der Waals surface area contributed by atoms with Crippen molar-refractivity contribution in [3.05, 3.63) is 48.0 Å². The third-order valence-corrected chi connectivity index (χ3v) is 2.62. The lowest BCUT2D eigenvalue weighted by molar-refractivity contribution is -0.140. The van der Waals surface area contributed by atoms with Crippen LogP contribution in [0.15, 0.2) is 36.7 Å². The molecule has 0 saturated carbocycles. The Hall–Kier alpha value is -1.72. The van der Waals surface area contributed by atoms with E-state index >= 15 is 0 Å². The second-order valence-corrected chi connectivity index (χ2v) is 4.07. The molecule has 0 amide bonds. The second kappa shape index (κ2) is 10.1. The standard InChI is InChI=1S/C14H17N3O2.2ClH/c1-2-19-14(18)10-17-12-5-3-11(4-6-12)9-13-15-7-8-16-13;;/h3-8,17H,2,9-10H2,1H3,(H,15,16);2*1H. The average Bonchev–Trinajstić information content (AvgIpc) is 2.91. The number of aromatic amines is 1. The van der Waals surface area contributed by atoms with Gasteiger partial charge >= 0.3 is 5.97 Å². The van der Waals surface area contributed by atoms with Crippen LogP contribution < -0.4 is 5.32 Å². The first-order valence-electron chi connectivity index (χ1n) is 6.24. The highest BCUT2D eigenvalue weighted by Gasteiger charge is 2.02. The lowest BCUT2D eigenvalue weighted by Gasteiger charge is -2.06. The zero-order valence-electron chi connectivity index (χ0n) is 11.7. The van der Waals surface area contributed by atoms with Gasteiger partial charge in [-0.1, -0.05) is 12.1 Å². The molecule has 0 saturated heterocycles. The summed E-state index contributed by atoms with van der Waals surface area (Å²) in [7, 11) is 0. The molecule has 0 aliphatic carbocycles. The third kappa shape index (κ3) is 6.51. The number of nitrogens with one attached hydrogen (secondary N) is 2. The molecule has 0 atom stereocenters. The number of carbonyl (C=O) groups excluding carboxylic acids is 1. The van der Waals surface area contributed by atoms with E-state index in [0.717, 1.165) is 23.5 Å². The number of carbonyl (C=O) groups is 1. The van der Waals surface area contributed by atoms with Gasteiger partial charge < -0.3 is 15.0 Å². The van der Waals surface area contributed by atoms with Crippen LogP contribution in [0.25, 0.3) is 0 Å². The molecule has 1 heterocycles. The highest BCUT2D eigenvalue weighted by molar-refractivity contribution is 5.85. The van der Waals surface area contributed by atoms with E-state index in [0.29, 0.717) is 6.61 Å². The van der Waals surface area contributed by atoms with Gasteiger partial charge in [0.05, 0.1) is 6.61 Å². The summed E-state index contributed by atoms with van der Waals surface area (Å²) >= 11 is 0. The SMILES string of the molecule is CCOC(=O)CNc1ccc(Cc2ncc[nH]2)cc1.Cl.Cl. The second-order valence-electron chi connectivity index (χ2n) is 4.07. The molecule has 5 nitrogen and oxygen atoms in total. The summed E-state index contributed by atoms with van der Waals surface area (Å²) in [6, 6.07) is 7.90. The fourth-order valence-corrected chi connectivity index (χ4v) is 1.71. The molecule has 1 aromatic heterocycles. The van der Waals surface area contributed by atoms with Crippen LogP contribution in [0.3, 0.4) is 0 Å². The lowest BCUT2D eigenvalue weighted by atomic mass is 10.1. The first-order valence-corrected chi connectivity index (χ1v) is 6.24. The molecule has 2 rings (SSSR count). The summed E-state index contributed by atoms with van der Waals surface area (Å²) in [6.07, 6.45) is 4.32. The van der Waals surface area contributed by atoms with Gasteiger partial charge in [0.15, 0.2) is 0 Å². The van der Waals surface area contributed by atoms with Crippen molar-refractivity contribution in [3.63, 3.8) is 0 Å². The van der Waals surface area contributed by atoms with Crippen molar-refractivity contribution in [1.82, 2.24) is 9.97 Å². The maximum atomic E-state index is 11.2. The van der Waals surface area contributed by atoms with Crippen LogP contribution in [0.2, 0.25) is 0 Å². The molecule has 0 aliphatic heterocycles. The number of halogens is 2. The Morgan fingerprint density at radius 2 is 2.00 bits per heavy atom. The van der Waals surface area contributed by atoms with Gasteiger partial charge in [0.2, 0.25) is 0 Å². The predicted octanol–water partition coefficient (Wildman–Crippen LogP) is 2.82. The van der Waals surface area contributed by atoms with Gasteiger partial charge in [0.1, 0.15) is 12.4 Å². The van der Waals surface area contributed by atoms with Crippen molar-refractivity contribution >= 4 is 36.5 Å². The number of ether oxygens (including phenoxy) is 1. The molecule has 0 fully saturated rings. The molecular formula is C14H19Cl2N3O2. The normalized spacial score (nSPS) is 9.19. The Morgan fingerprint density at radius 3 is 2.57 bits per heavy atom. The Balaban J connectivity index is 0.00000200. The minimum atomic E-state index is -0.248. The van der Waals surface area contributed by atoms with Crippen LogP contribution in [0.4, 0.5) is 5.69 Å².